The molecule has 0 aromatic heterocycles. The molecule has 0 heterocycles. The lowest BCUT2D eigenvalue weighted by Gasteiger charge is -2.29. The molecule has 0 rings (SSSR count). The molecule has 0 aromatic rings. The number of aliphatic carboxylic acids is 1. The molecular weight excluding hydrogens is 220 g/mol. The molecule has 0 radical (unpaired) electrons. The van der Waals surface area contributed by atoms with Gasteiger partial charge in [0.05, 0.1) is 0 Å². The van der Waals surface area contributed by atoms with Gasteiger partial charge in [0, 0.05) is 5.54 Å². The van der Waals surface area contributed by atoms with Crippen LogP contribution < -0.4 is 10.6 Å². The third kappa shape index (κ3) is 5.56. The summed E-state index contributed by atoms with van der Waals surface area (Å²) in [4.78, 5) is 22.6. The van der Waals surface area contributed by atoms with Gasteiger partial charge in [-0.15, -0.1) is 0 Å². The fourth-order valence-corrected chi connectivity index (χ4v) is 1.44. The van der Waals surface area contributed by atoms with E-state index < -0.39 is 18.0 Å². The van der Waals surface area contributed by atoms with Crippen LogP contribution in [-0.4, -0.2) is 28.7 Å². The molecule has 0 aliphatic carbocycles. The maximum atomic E-state index is 11.7. The summed E-state index contributed by atoms with van der Waals surface area (Å²) >= 11 is 0. The molecular formula is C12H24N2O3. The van der Waals surface area contributed by atoms with E-state index in [9.17, 15) is 9.59 Å². The van der Waals surface area contributed by atoms with Gasteiger partial charge in [0.1, 0.15) is 6.04 Å². The average Bonchev–Trinajstić information content (AvgIpc) is 2.28. The van der Waals surface area contributed by atoms with Crippen molar-refractivity contribution < 1.29 is 14.7 Å². The quantitative estimate of drug-likeness (QED) is 0.642. The van der Waals surface area contributed by atoms with Crippen LogP contribution in [0.15, 0.2) is 0 Å². The van der Waals surface area contributed by atoms with Crippen molar-refractivity contribution in [2.45, 2.75) is 65.0 Å². The fraction of sp³-hybridized carbons (Fsp3) is 0.833. The summed E-state index contributed by atoms with van der Waals surface area (Å²) in [6, 6.07) is -1.21. The second-order valence-corrected chi connectivity index (χ2v) is 4.55. The van der Waals surface area contributed by atoms with Crippen LogP contribution in [0.5, 0.6) is 0 Å². The van der Waals surface area contributed by atoms with Crippen molar-refractivity contribution in [3.8, 4) is 0 Å². The molecule has 0 aliphatic heterocycles. The van der Waals surface area contributed by atoms with E-state index in [4.69, 9.17) is 5.11 Å². The average molecular weight is 244 g/mol. The van der Waals surface area contributed by atoms with Gasteiger partial charge in [0.2, 0.25) is 0 Å². The van der Waals surface area contributed by atoms with Crippen molar-refractivity contribution in [1.82, 2.24) is 10.6 Å². The van der Waals surface area contributed by atoms with E-state index >= 15 is 0 Å². The summed E-state index contributed by atoms with van der Waals surface area (Å²) in [7, 11) is 0. The Hall–Kier alpha value is -1.26. The van der Waals surface area contributed by atoms with Crippen LogP contribution in [0.1, 0.15) is 53.4 Å². The van der Waals surface area contributed by atoms with Gasteiger partial charge in [0.25, 0.3) is 0 Å². The predicted molar refractivity (Wildman–Crippen MR) is 67.0 cm³/mol. The monoisotopic (exact) mass is 244 g/mol. The lowest BCUT2D eigenvalue weighted by molar-refractivity contribution is -0.139. The molecule has 5 nitrogen and oxygen atoms in total. The number of nitrogens with one attached hydrogen (secondary N) is 2. The highest BCUT2D eigenvalue weighted by Gasteiger charge is 2.25. The Morgan fingerprint density at radius 3 is 2.12 bits per heavy atom. The number of urea groups is 1. The topological polar surface area (TPSA) is 78.4 Å². The molecule has 1 unspecified atom stereocenters. The van der Waals surface area contributed by atoms with Crippen molar-refractivity contribution in [3.63, 3.8) is 0 Å². The summed E-state index contributed by atoms with van der Waals surface area (Å²) in [5.74, 6) is -0.989. The zero-order valence-electron chi connectivity index (χ0n) is 11.2. The first kappa shape index (κ1) is 15.7. The van der Waals surface area contributed by atoms with Gasteiger partial charge < -0.3 is 15.7 Å². The lowest BCUT2D eigenvalue weighted by atomic mass is 9.96. The molecule has 100 valence electrons. The van der Waals surface area contributed by atoms with E-state index in [1.165, 1.54) is 0 Å². The van der Waals surface area contributed by atoms with Crippen molar-refractivity contribution in [3.05, 3.63) is 0 Å². The van der Waals surface area contributed by atoms with Crippen molar-refractivity contribution in [2.75, 3.05) is 0 Å². The largest absolute Gasteiger partial charge is 0.480 e. The molecule has 3 N–H and O–H groups in total. The van der Waals surface area contributed by atoms with Gasteiger partial charge in [-0.1, -0.05) is 27.2 Å². The summed E-state index contributed by atoms with van der Waals surface area (Å²) in [6.45, 7) is 7.81. The molecule has 0 saturated carbocycles. The SMILES string of the molecule is CCCC(NC(=O)NC(C)(CC)CC)C(=O)O. The van der Waals surface area contributed by atoms with Crippen LogP contribution in [0.4, 0.5) is 4.79 Å². The highest BCUT2D eigenvalue weighted by molar-refractivity contribution is 5.82. The van der Waals surface area contributed by atoms with Crippen molar-refractivity contribution in [1.29, 1.82) is 0 Å². The minimum Gasteiger partial charge on any atom is -0.480 e. The van der Waals surface area contributed by atoms with Crippen LogP contribution in [0.2, 0.25) is 0 Å². The van der Waals surface area contributed by atoms with Crippen molar-refractivity contribution in [2.24, 2.45) is 0 Å². The molecule has 0 fully saturated rings. The first-order valence-electron chi connectivity index (χ1n) is 6.20. The fourth-order valence-electron chi connectivity index (χ4n) is 1.44. The molecule has 0 saturated heterocycles. The van der Waals surface area contributed by atoms with Gasteiger partial charge in [0.15, 0.2) is 0 Å². The molecule has 2 amide bonds. The summed E-state index contributed by atoms with van der Waals surface area (Å²) in [6.07, 6.45) is 2.78. The van der Waals surface area contributed by atoms with Crippen LogP contribution in [0.25, 0.3) is 0 Å². The van der Waals surface area contributed by atoms with E-state index in [0.717, 1.165) is 19.3 Å². The molecule has 0 aromatic carbocycles. The standard InChI is InChI=1S/C12H24N2O3/c1-5-8-9(10(15)16)13-11(17)14-12(4,6-2)7-3/h9H,5-8H2,1-4H3,(H,15,16)(H2,13,14,17). The third-order valence-electron chi connectivity index (χ3n) is 3.16. The van der Waals surface area contributed by atoms with Gasteiger partial charge in [-0.05, 0) is 26.2 Å². The predicted octanol–water partition coefficient (Wildman–Crippen LogP) is 2.12. The third-order valence-corrected chi connectivity index (χ3v) is 3.16. The van der Waals surface area contributed by atoms with Crippen LogP contribution in [-0.2, 0) is 4.79 Å². The van der Waals surface area contributed by atoms with E-state index in [1.807, 2.05) is 27.7 Å². The smallest absolute Gasteiger partial charge is 0.326 e. The Morgan fingerprint density at radius 1 is 1.24 bits per heavy atom. The highest BCUT2D eigenvalue weighted by Crippen LogP contribution is 2.13. The Kier molecular flexibility index (Phi) is 6.61. The Labute approximate surface area is 103 Å². The number of carboxylic acids is 1. The van der Waals surface area contributed by atoms with E-state index in [0.29, 0.717) is 6.42 Å². The Balaban J connectivity index is 4.37. The minimum absolute atomic E-state index is 0.278. The molecule has 1 atom stereocenters. The molecule has 0 aliphatic rings. The molecule has 0 bridgehead atoms. The zero-order chi connectivity index (χ0) is 13.5. The number of hydrogen-bond acceptors (Lipinski definition) is 2. The first-order chi connectivity index (χ1) is 7.88. The second-order valence-electron chi connectivity index (χ2n) is 4.55. The summed E-state index contributed by atoms with van der Waals surface area (Å²) < 4.78 is 0. The second kappa shape index (κ2) is 7.14. The van der Waals surface area contributed by atoms with Crippen LogP contribution in [0.3, 0.4) is 0 Å². The number of carbonyl (C=O) groups is 2. The number of amides is 2. The van der Waals surface area contributed by atoms with E-state index in [1.54, 1.807) is 0 Å². The lowest BCUT2D eigenvalue weighted by Crippen LogP contribution is -2.53. The van der Waals surface area contributed by atoms with Gasteiger partial charge in [-0.3, -0.25) is 0 Å². The number of carboxylic acid groups (broad SMARTS) is 1. The Bertz CT molecular complexity index is 262. The van der Waals surface area contributed by atoms with E-state index in [-0.39, 0.29) is 5.54 Å². The number of hydrogen-bond donors (Lipinski definition) is 3. The molecule has 5 heteroatoms. The summed E-state index contributed by atoms with van der Waals surface area (Å²) in [5, 5.41) is 14.2. The number of carbonyl (C=O) groups excluding carboxylic acids is 1. The normalized spacial score (nSPS) is 12.9. The maximum Gasteiger partial charge on any atom is 0.326 e. The van der Waals surface area contributed by atoms with Crippen molar-refractivity contribution >= 4 is 12.0 Å². The molecule has 17 heavy (non-hydrogen) atoms. The molecule has 0 spiro atoms. The van der Waals surface area contributed by atoms with Gasteiger partial charge >= 0.3 is 12.0 Å². The maximum absolute atomic E-state index is 11.7. The number of rotatable bonds is 7. The first-order valence-corrected chi connectivity index (χ1v) is 6.20. The minimum atomic E-state index is -0.989. The highest BCUT2D eigenvalue weighted by atomic mass is 16.4. The van der Waals surface area contributed by atoms with E-state index in [2.05, 4.69) is 10.6 Å². The Morgan fingerprint density at radius 2 is 1.76 bits per heavy atom. The van der Waals surface area contributed by atoms with Gasteiger partial charge in [-0.2, -0.15) is 0 Å². The zero-order valence-corrected chi connectivity index (χ0v) is 11.2. The van der Waals surface area contributed by atoms with Crippen LogP contribution >= 0.6 is 0 Å². The van der Waals surface area contributed by atoms with Crippen LogP contribution in [0, 0.1) is 0 Å². The summed E-state index contributed by atoms with van der Waals surface area (Å²) in [5.41, 5.74) is -0.278. The van der Waals surface area contributed by atoms with Gasteiger partial charge in [-0.25, -0.2) is 9.59 Å².